The van der Waals surface area contributed by atoms with E-state index in [1.54, 1.807) is 0 Å². The van der Waals surface area contributed by atoms with E-state index in [9.17, 15) is 4.79 Å². The summed E-state index contributed by atoms with van der Waals surface area (Å²) in [4.78, 5) is 13.5. The molecule has 0 aromatic rings. The van der Waals surface area contributed by atoms with Crippen LogP contribution in [0, 0.1) is 5.92 Å². The second kappa shape index (κ2) is 4.23. The number of hydrogen-bond acceptors (Lipinski definition) is 2. The number of likely N-dealkylation sites (tertiary alicyclic amines) is 1. The smallest absolute Gasteiger partial charge is 0.135 e. The van der Waals surface area contributed by atoms with E-state index in [1.807, 2.05) is 0 Å². The van der Waals surface area contributed by atoms with Crippen LogP contribution in [0.5, 0.6) is 0 Å². The number of Topliss-reactive ketones (excluding diaryl/α,β-unsaturated/α-hetero) is 1. The Bertz CT molecular complexity index is 175. The number of carbonyl (C=O) groups excluding carboxylic acids is 1. The molecule has 2 rings (SSSR count). The highest BCUT2D eigenvalue weighted by Crippen LogP contribution is 2.26. The lowest BCUT2D eigenvalue weighted by Gasteiger charge is -2.28. The molecule has 1 saturated heterocycles. The number of hydrogen-bond donors (Lipinski definition) is 0. The molecule has 2 heteroatoms. The Kier molecular flexibility index (Phi) is 2.99. The fraction of sp³-hybridized carbons (Fsp3) is 0.909. The van der Waals surface area contributed by atoms with E-state index in [4.69, 9.17) is 0 Å². The van der Waals surface area contributed by atoms with Gasteiger partial charge in [-0.1, -0.05) is 12.8 Å². The minimum absolute atomic E-state index is 0.461. The van der Waals surface area contributed by atoms with Crippen LogP contribution in [0.25, 0.3) is 0 Å². The van der Waals surface area contributed by atoms with Crippen LogP contribution >= 0.6 is 0 Å². The number of carbonyl (C=O) groups is 1. The molecule has 74 valence electrons. The molecule has 0 aromatic carbocycles. The van der Waals surface area contributed by atoms with E-state index in [1.165, 1.54) is 32.2 Å². The normalized spacial score (nSPS) is 26.9. The van der Waals surface area contributed by atoms with Crippen molar-refractivity contribution < 1.29 is 4.79 Å². The summed E-state index contributed by atoms with van der Waals surface area (Å²) in [5, 5.41) is 0. The highest BCUT2D eigenvalue weighted by Gasteiger charge is 2.21. The molecule has 2 fully saturated rings. The van der Waals surface area contributed by atoms with Gasteiger partial charge in [0.1, 0.15) is 5.78 Å². The molecule has 1 saturated carbocycles. The first kappa shape index (κ1) is 9.20. The van der Waals surface area contributed by atoms with Crippen LogP contribution in [0.2, 0.25) is 0 Å². The number of ketones is 1. The van der Waals surface area contributed by atoms with Gasteiger partial charge in [-0.15, -0.1) is 0 Å². The average Bonchev–Trinajstić information content (AvgIpc) is 2.62. The second-order valence-corrected chi connectivity index (χ2v) is 4.49. The Morgan fingerprint density at radius 3 is 2.38 bits per heavy atom. The van der Waals surface area contributed by atoms with Crippen LogP contribution in [0.1, 0.15) is 38.5 Å². The summed E-state index contributed by atoms with van der Waals surface area (Å²) in [6.45, 7) is 3.30. The summed E-state index contributed by atoms with van der Waals surface area (Å²) >= 11 is 0. The maximum absolute atomic E-state index is 11.0. The summed E-state index contributed by atoms with van der Waals surface area (Å²) < 4.78 is 0. The number of rotatable bonds is 2. The lowest BCUT2D eigenvalue weighted by atomic mass is 10.0. The van der Waals surface area contributed by atoms with Crippen molar-refractivity contribution >= 4 is 5.78 Å². The molecule has 1 aliphatic heterocycles. The van der Waals surface area contributed by atoms with Crippen molar-refractivity contribution in [3.8, 4) is 0 Å². The van der Waals surface area contributed by atoms with Gasteiger partial charge in [0.25, 0.3) is 0 Å². The molecule has 0 atom stereocenters. The monoisotopic (exact) mass is 181 g/mol. The topological polar surface area (TPSA) is 20.3 Å². The van der Waals surface area contributed by atoms with Crippen molar-refractivity contribution in [3.63, 3.8) is 0 Å². The average molecular weight is 181 g/mol. The van der Waals surface area contributed by atoms with Gasteiger partial charge in [-0.2, -0.15) is 0 Å². The van der Waals surface area contributed by atoms with E-state index in [0.29, 0.717) is 5.78 Å². The molecule has 2 nitrogen and oxygen atoms in total. The molecular weight excluding hydrogens is 162 g/mol. The summed E-state index contributed by atoms with van der Waals surface area (Å²) in [6.07, 6.45) is 7.29. The molecule has 2 aliphatic rings. The molecule has 0 unspecified atom stereocenters. The van der Waals surface area contributed by atoms with Crippen LogP contribution in [0.15, 0.2) is 0 Å². The van der Waals surface area contributed by atoms with Crippen LogP contribution in [0.4, 0.5) is 0 Å². The van der Waals surface area contributed by atoms with E-state index in [-0.39, 0.29) is 0 Å². The first-order valence-electron chi connectivity index (χ1n) is 5.58. The molecule has 13 heavy (non-hydrogen) atoms. The summed E-state index contributed by atoms with van der Waals surface area (Å²) in [5.74, 6) is 1.40. The first-order chi connectivity index (χ1) is 6.34. The highest BCUT2D eigenvalue weighted by molar-refractivity contribution is 5.79. The van der Waals surface area contributed by atoms with Gasteiger partial charge < -0.3 is 4.90 Å². The van der Waals surface area contributed by atoms with Gasteiger partial charge in [0, 0.05) is 32.5 Å². The van der Waals surface area contributed by atoms with Crippen LogP contribution in [-0.4, -0.2) is 30.3 Å². The van der Waals surface area contributed by atoms with Crippen molar-refractivity contribution in [1.29, 1.82) is 0 Å². The second-order valence-electron chi connectivity index (χ2n) is 4.49. The van der Waals surface area contributed by atoms with Crippen LogP contribution in [0.3, 0.4) is 0 Å². The van der Waals surface area contributed by atoms with Crippen molar-refractivity contribution in [2.45, 2.75) is 38.5 Å². The maximum atomic E-state index is 11.0. The molecule has 0 spiro atoms. The lowest BCUT2D eigenvalue weighted by Crippen LogP contribution is -2.36. The predicted molar refractivity (Wildman–Crippen MR) is 52.6 cm³/mol. The summed E-state index contributed by atoms with van der Waals surface area (Å²) in [5.41, 5.74) is 0. The number of nitrogens with zero attached hydrogens (tertiary/aromatic N) is 1. The van der Waals surface area contributed by atoms with Gasteiger partial charge in [-0.25, -0.2) is 0 Å². The van der Waals surface area contributed by atoms with Gasteiger partial charge >= 0.3 is 0 Å². The highest BCUT2D eigenvalue weighted by atomic mass is 16.1. The molecule has 0 bridgehead atoms. The van der Waals surface area contributed by atoms with E-state index in [2.05, 4.69) is 4.90 Å². The molecule has 0 aromatic heterocycles. The lowest BCUT2D eigenvalue weighted by molar-refractivity contribution is -0.121. The van der Waals surface area contributed by atoms with E-state index < -0.39 is 0 Å². The standard InChI is InChI=1S/C11H19NO/c13-11-5-7-12(8-6-11)9-10-3-1-2-4-10/h10H,1-9H2. The van der Waals surface area contributed by atoms with Crippen LogP contribution in [-0.2, 0) is 4.79 Å². The zero-order valence-corrected chi connectivity index (χ0v) is 8.30. The minimum Gasteiger partial charge on any atom is -0.302 e. The predicted octanol–water partition coefficient (Wildman–Crippen LogP) is 1.84. The first-order valence-corrected chi connectivity index (χ1v) is 5.58. The Morgan fingerprint density at radius 2 is 1.77 bits per heavy atom. The van der Waals surface area contributed by atoms with Gasteiger partial charge in [-0.05, 0) is 18.8 Å². The third-order valence-corrected chi connectivity index (χ3v) is 3.40. The largest absolute Gasteiger partial charge is 0.302 e. The van der Waals surface area contributed by atoms with E-state index in [0.717, 1.165) is 31.8 Å². The maximum Gasteiger partial charge on any atom is 0.135 e. The SMILES string of the molecule is O=C1CCN(CC2CCCC2)CC1. The molecule has 1 heterocycles. The molecule has 0 N–H and O–H groups in total. The van der Waals surface area contributed by atoms with Crippen molar-refractivity contribution in [2.24, 2.45) is 5.92 Å². The van der Waals surface area contributed by atoms with Crippen molar-refractivity contribution in [1.82, 2.24) is 4.90 Å². The molecule has 0 amide bonds. The molecule has 1 aliphatic carbocycles. The molecule has 0 radical (unpaired) electrons. The zero-order valence-electron chi connectivity index (χ0n) is 8.30. The zero-order chi connectivity index (χ0) is 9.10. The molecular formula is C11H19NO. The number of piperidine rings is 1. The van der Waals surface area contributed by atoms with Gasteiger partial charge in [0.2, 0.25) is 0 Å². The minimum atomic E-state index is 0.461. The Hall–Kier alpha value is -0.370. The van der Waals surface area contributed by atoms with E-state index >= 15 is 0 Å². The summed E-state index contributed by atoms with van der Waals surface area (Å²) in [7, 11) is 0. The fourth-order valence-corrected chi connectivity index (χ4v) is 2.54. The fourth-order valence-electron chi connectivity index (χ4n) is 2.54. The van der Waals surface area contributed by atoms with Gasteiger partial charge in [-0.3, -0.25) is 4.79 Å². The van der Waals surface area contributed by atoms with Crippen molar-refractivity contribution in [3.05, 3.63) is 0 Å². The van der Waals surface area contributed by atoms with Gasteiger partial charge in [0.15, 0.2) is 0 Å². The quantitative estimate of drug-likeness (QED) is 0.648. The third kappa shape index (κ3) is 2.53. The third-order valence-electron chi connectivity index (χ3n) is 3.40. The Labute approximate surface area is 80.3 Å². The Balaban J connectivity index is 1.72. The Morgan fingerprint density at radius 1 is 1.15 bits per heavy atom. The van der Waals surface area contributed by atoms with Crippen LogP contribution < -0.4 is 0 Å². The van der Waals surface area contributed by atoms with Gasteiger partial charge in [0.05, 0.1) is 0 Å². The van der Waals surface area contributed by atoms with Crippen molar-refractivity contribution in [2.75, 3.05) is 19.6 Å². The summed E-state index contributed by atoms with van der Waals surface area (Å²) in [6, 6.07) is 0.